The Bertz CT molecular complexity index is 884. The Morgan fingerprint density at radius 3 is 2.72 bits per heavy atom. The van der Waals surface area contributed by atoms with E-state index in [4.69, 9.17) is 4.74 Å². The van der Waals surface area contributed by atoms with Crippen LogP contribution in [0.25, 0.3) is 11.0 Å². The Morgan fingerprint density at radius 1 is 1.20 bits per heavy atom. The number of esters is 1. The normalized spacial score (nSPS) is 25.9. The van der Waals surface area contributed by atoms with E-state index in [2.05, 4.69) is 15.3 Å². The molecule has 4 unspecified atom stereocenters. The standard InChI is InChI=1S/C18H21N3O4/c1-9(25-17(23)13-7-10-2-3-11(13)6-10)16(22)19-12-4-5-14-15(8-12)21-18(24)20-14/h4-5,8-11,13H,2-3,6-7H2,1H3,(H,19,22)(H2,20,21,24). The van der Waals surface area contributed by atoms with Crippen molar-refractivity contribution in [1.29, 1.82) is 0 Å². The molecule has 1 amide bonds. The van der Waals surface area contributed by atoms with Crippen LogP contribution < -0.4 is 11.0 Å². The van der Waals surface area contributed by atoms with E-state index in [1.54, 1.807) is 25.1 Å². The van der Waals surface area contributed by atoms with Gasteiger partial charge in [0.15, 0.2) is 6.10 Å². The molecule has 0 spiro atoms. The summed E-state index contributed by atoms with van der Waals surface area (Å²) in [5, 5.41) is 2.72. The smallest absolute Gasteiger partial charge is 0.323 e. The number of aromatic amines is 2. The molecule has 25 heavy (non-hydrogen) atoms. The minimum Gasteiger partial charge on any atom is -0.452 e. The molecule has 0 aliphatic heterocycles. The maximum absolute atomic E-state index is 12.3. The van der Waals surface area contributed by atoms with Crippen molar-refractivity contribution in [1.82, 2.24) is 9.97 Å². The number of hydrogen-bond donors (Lipinski definition) is 3. The van der Waals surface area contributed by atoms with Crippen molar-refractivity contribution in [2.24, 2.45) is 17.8 Å². The lowest BCUT2D eigenvalue weighted by molar-refractivity contribution is -0.158. The number of rotatable bonds is 4. The molecule has 2 saturated carbocycles. The molecule has 7 nitrogen and oxygen atoms in total. The van der Waals surface area contributed by atoms with Crippen molar-refractivity contribution in [3.8, 4) is 0 Å². The number of amides is 1. The van der Waals surface area contributed by atoms with Gasteiger partial charge in [0.1, 0.15) is 0 Å². The summed E-state index contributed by atoms with van der Waals surface area (Å²) in [5.74, 6) is 0.409. The fourth-order valence-electron chi connectivity index (χ4n) is 4.20. The minimum absolute atomic E-state index is 0.0460. The molecular formula is C18H21N3O4. The summed E-state index contributed by atoms with van der Waals surface area (Å²) in [4.78, 5) is 41.2. The third-order valence-electron chi connectivity index (χ3n) is 5.49. The molecule has 4 atom stereocenters. The van der Waals surface area contributed by atoms with Crippen LogP contribution >= 0.6 is 0 Å². The largest absolute Gasteiger partial charge is 0.452 e. The Kier molecular flexibility index (Phi) is 3.86. The summed E-state index contributed by atoms with van der Waals surface area (Å²) >= 11 is 0. The van der Waals surface area contributed by atoms with E-state index in [9.17, 15) is 14.4 Å². The summed E-state index contributed by atoms with van der Waals surface area (Å²) in [6.45, 7) is 1.58. The molecule has 7 heteroatoms. The fourth-order valence-corrected chi connectivity index (χ4v) is 4.20. The van der Waals surface area contributed by atoms with Crippen LogP contribution in [-0.2, 0) is 14.3 Å². The van der Waals surface area contributed by atoms with Gasteiger partial charge in [-0.3, -0.25) is 9.59 Å². The molecule has 2 bridgehead atoms. The first-order valence-electron chi connectivity index (χ1n) is 8.73. The van der Waals surface area contributed by atoms with Crippen LogP contribution in [-0.4, -0.2) is 27.9 Å². The minimum atomic E-state index is -0.854. The van der Waals surface area contributed by atoms with Gasteiger partial charge in [-0.25, -0.2) is 4.79 Å². The molecule has 0 radical (unpaired) electrons. The van der Waals surface area contributed by atoms with E-state index in [0.29, 0.717) is 28.6 Å². The van der Waals surface area contributed by atoms with Crippen LogP contribution in [0.5, 0.6) is 0 Å². The summed E-state index contributed by atoms with van der Waals surface area (Å²) in [6.07, 6.45) is 3.48. The average molecular weight is 343 g/mol. The highest BCUT2D eigenvalue weighted by Crippen LogP contribution is 2.48. The first-order chi connectivity index (χ1) is 12.0. The summed E-state index contributed by atoms with van der Waals surface area (Å²) in [7, 11) is 0. The summed E-state index contributed by atoms with van der Waals surface area (Å²) < 4.78 is 5.40. The van der Waals surface area contributed by atoms with E-state index < -0.39 is 6.10 Å². The summed E-state index contributed by atoms with van der Waals surface area (Å²) in [5.41, 5.74) is 1.51. The van der Waals surface area contributed by atoms with Crippen LogP contribution in [0.4, 0.5) is 5.69 Å². The zero-order valence-electron chi connectivity index (χ0n) is 14.0. The Labute approximate surface area is 144 Å². The number of anilines is 1. The molecule has 2 aliphatic carbocycles. The second-order valence-electron chi connectivity index (χ2n) is 7.19. The van der Waals surface area contributed by atoms with Gasteiger partial charge in [0.05, 0.1) is 17.0 Å². The molecule has 2 aromatic rings. The first kappa shape index (κ1) is 15.9. The fraction of sp³-hybridized carbons (Fsp3) is 0.500. The number of carbonyl (C=O) groups excluding carboxylic acids is 2. The highest BCUT2D eigenvalue weighted by atomic mass is 16.5. The molecule has 1 heterocycles. The Balaban J connectivity index is 1.37. The van der Waals surface area contributed by atoms with Crippen LogP contribution in [0.3, 0.4) is 0 Å². The van der Waals surface area contributed by atoms with E-state index in [1.807, 2.05) is 0 Å². The lowest BCUT2D eigenvalue weighted by atomic mass is 9.89. The van der Waals surface area contributed by atoms with Crippen molar-refractivity contribution >= 4 is 28.6 Å². The number of benzene rings is 1. The number of imidazole rings is 1. The topological polar surface area (TPSA) is 104 Å². The van der Waals surface area contributed by atoms with Gasteiger partial charge in [-0.1, -0.05) is 6.42 Å². The van der Waals surface area contributed by atoms with Crippen molar-refractivity contribution < 1.29 is 14.3 Å². The molecule has 3 N–H and O–H groups in total. The second kappa shape index (κ2) is 6.06. The van der Waals surface area contributed by atoms with Crippen molar-refractivity contribution in [2.45, 2.75) is 38.7 Å². The molecule has 1 aromatic heterocycles. The third kappa shape index (κ3) is 3.06. The van der Waals surface area contributed by atoms with E-state index in [0.717, 1.165) is 19.3 Å². The zero-order chi connectivity index (χ0) is 17.6. The van der Waals surface area contributed by atoms with E-state index in [-0.39, 0.29) is 23.5 Å². The van der Waals surface area contributed by atoms with Gasteiger partial charge in [0, 0.05) is 5.69 Å². The van der Waals surface area contributed by atoms with Gasteiger partial charge in [0.2, 0.25) is 0 Å². The predicted molar refractivity (Wildman–Crippen MR) is 92.0 cm³/mol. The molecule has 2 aliphatic rings. The van der Waals surface area contributed by atoms with E-state index in [1.165, 1.54) is 6.42 Å². The number of carbonyl (C=O) groups is 2. The van der Waals surface area contributed by atoms with Crippen LogP contribution in [0.1, 0.15) is 32.6 Å². The maximum atomic E-state index is 12.3. The van der Waals surface area contributed by atoms with Gasteiger partial charge in [-0.05, 0) is 56.2 Å². The second-order valence-corrected chi connectivity index (χ2v) is 7.19. The zero-order valence-corrected chi connectivity index (χ0v) is 14.0. The first-order valence-corrected chi connectivity index (χ1v) is 8.73. The lowest BCUT2D eigenvalue weighted by Gasteiger charge is -2.22. The quantitative estimate of drug-likeness (QED) is 0.740. The highest BCUT2D eigenvalue weighted by molar-refractivity contribution is 5.96. The monoisotopic (exact) mass is 343 g/mol. The van der Waals surface area contributed by atoms with Gasteiger partial charge in [-0.15, -0.1) is 0 Å². The van der Waals surface area contributed by atoms with E-state index >= 15 is 0 Å². The number of hydrogen-bond acceptors (Lipinski definition) is 4. The molecule has 4 rings (SSSR count). The van der Waals surface area contributed by atoms with Crippen molar-refractivity contribution in [3.63, 3.8) is 0 Å². The summed E-state index contributed by atoms with van der Waals surface area (Å²) in [6, 6.07) is 5.05. The molecule has 1 aromatic carbocycles. The van der Waals surface area contributed by atoms with Gasteiger partial charge >= 0.3 is 11.7 Å². The van der Waals surface area contributed by atoms with Gasteiger partial charge in [-0.2, -0.15) is 0 Å². The number of fused-ring (bicyclic) bond motifs is 3. The lowest BCUT2D eigenvalue weighted by Crippen LogP contribution is -2.33. The van der Waals surface area contributed by atoms with Gasteiger partial charge in [0.25, 0.3) is 5.91 Å². The SMILES string of the molecule is CC(OC(=O)C1CC2CCC1C2)C(=O)Nc1ccc2[nH]c(=O)[nH]c2c1. The highest BCUT2D eigenvalue weighted by Gasteiger charge is 2.44. The Morgan fingerprint density at radius 2 is 2.00 bits per heavy atom. The number of H-pyrrole nitrogens is 2. The number of ether oxygens (including phenoxy) is 1. The number of nitrogens with one attached hydrogen (secondary N) is 3. The molecule has 0 saturated heterocycles. The van der Waals surface area contributed by atoms with Crippen molar-refractivity contribution in [3.05, 3.63) is 28.7 Å². The maximum Gasteiger partial charge on any atom is 0.323 e. The molecular weight excluding hydrogens is 322 g/mol. The molecule has 2 fully saturated rings. The van der Waals surface area contributed by atoms with Gasteiger partial charge < -0.3 is 20.0 Å². The average Bonchev–Trinajstić information content (AvgIpc) is 3.28. The Hall–Kier alpha value is -2.57. The number of aromatic nitrogens is 2. The van der Waals surface area contributed by atoms with Crippen LogP contribution in [0.2, 0.25) is 0 Å². The van der Waals surface area contributed by atoms with Crippen LogP contribution in [0, 0.1) is 17.8 Å². The predicted octanol–water partition coefficient (Wildman–Crippen LogP) is 2.16. The third-order valence-corrected chi connectivity index (χ3v) is 5.49. The molecule has 132 valence electrons. The van der Waals surface area contributed by atoms with Crippen molar-refractivity contribution in [2.75, 3.05) is 5.32 Å². The van der Waals surface area contributed by atoms with Crippen LogP contribution in [0.15, 0.2) is 23.0 Å².